The lowest BCUT2D eigenvalue weighted by Crippen LogP contribution is -2.37. The van der Waals surface area contributed by atoms with Crippen LogP contribution in [0.3, 0.4) is 0 Å². The third-order valence-electron chi connectivity index (χ3n) is 3.69. The Bertz CT molecular complexity index is 734. The van der Waals surface area contributed by atoms with Gasteiger partial charge < -0.3 is 9.64 Å². The molecule has 0 atom stereocenters. The van der Waals surface area contributed by atoms with E-state index >= 15 is 0 Å². The number of rotatable bonds is 3. The maximum absolute atomic E-state index is 12.6. The van der Waals surface area contributed by atoms with E-state index in [1.165, 1.54) is 23.9 Å². The van der Waals surface area contributed by atoms with Gasteiger partial charge in [0, 0.05) is 25.5 Å². The van der Waals surface area contributed by atoms with Crippen molar-refractivity contribution in [2.24, 2.45) is 0 Å². The smallest absolute Gasteiger partial charge is 0.378 e. The zero-order valence-corrected chi connectivity index (χ0v) is 12.9. The van der Waals surface area contributed by atoms with E-state index in [0.717, 1.165) is 12.3 Å². The molecule has 0 N–H and O–H groups in total. The second-order valence-corrected chi connectivity index (χ2v) is 5.37. The van der Waals surface area contributed by atoms with Gasteiger partial charge in [0.25, 0.3) is 0 Å². The number of carbonyl (C=O) groups excluding carboxylic acids is 1. The molecule has 0 saturated carbocycles. The van der Waals surface area contributed by atoms with Gasteiger partial charge in [0.15, 0.2) is 17.4 Å². The van der Waals surface area contributed by atoms with Crippen LogP contribution in [0.15, 0.2) is 24.5 Å². The molecular weight excluding hydrogens is 325 g/mol. The van der Waals surface area contributed by atoms with Crippen molar-refractivity contribution in [1.29, 1.82) is 0 Å². The van der Waals surface area contributed by atoms with Gasteiger partial charge in [0.2, 0.25) is 0 Å². The summed E-state index contributed by atoms with van der Waals surface area (Å²) in [5, 5.41) is 4.34. The molecule has 1 aliphatic rings. The fourth-order valence-corrected chi connectivity index (χ4v) is 2.43. The Morgan fingerprint density at radius 1 is 1.25 bits per heavy atom. The molecule has 0 radical (unpaired) electrons. The molecule has 0 unspecified atom stereocenters. The van der Waals surface area contributed by atoms with Crippen molar-refractivity contribution in [3.63, 3.8) is 0 Å². The van der Waals surface area contributed by atoms with Gasteiger partial charge >= 0.3 is 6.18 Å². The summed E-state index contributed by atoms with van der Waals surface area (Å²) in [6, 6.07) is 2.16. The predicted octanol–water partition coefficient (Wildman–Crippen LogP) is 2.33. The molecule has 1 fully saturated rings. The molecule has 0 bridgehead atoms. The molecule has 128 valence electrons. The number of carbonyl (C=O) groups is 1. The highest BCUT2D eigenvalue weighted by atomic mass is 19.4. The maximum Gasteiger partial charge on any atom is 0.417 e. The van der Waals surface area contributed by atoms with E-state index in [4.69, 9.17) is 4.74 Å². The van der Waals surface area contributed by atoms with Crippen LogP contribution in [-0.4, -0.2) is 46.9 Å². The molecule has 0 amide bonds. The van der Waals surface area contributed by atoms with E-state index in [1.54, 1.807) is 0 Å². The lowest BCUT2D eigenvalue weighted by atomic mass is 10.2. The molecule has 0 aliphatic carbocycles. The first-order chi connectivity index (χ1) is 11.4. The number of hydrogen-bond acceptors (Lipinski definition) is 5. The van der Waals surface area contributed by atoms with Gasteiger partial charge in [-0.25, -0.2) is 9.67 Å². The molecule has 1 saturated heterocycles. The van der Waals surface area contributed by atoms with Gasteiger partial charge in [0.05, 0.1) is 24.3 Å². The van der Waals surface area contributed by atoms with E-state index in [0.29, 0.717) is 37.7 Å². The number of alkyl halides is 3. The zero-order valence-electron chi connectivity index (χ0n) is 12.9. The number of Topliss-reactive ketones (excluding diaryl/α,β-unsaturated/α-hetero) is 1. The van der Waals surface area contributed by atoms with Crippen molar-refractivity contribution in [3.8, 4) is 5.82 Å². The van der Waals surface area contributed by atoms with Gasteiger partial charge in [-0.05, 0) is 19.1 Å². The highest BCUT2D eigenvalue weighted by molar-refractivity contribution is 5.98. The monoisotopic (exact) mass is 340 g/mol. The standard InChI is InChI=1S/C15H15F3N4O2/c1-10(23)12-9-22(20-14(12)21-4-6-24-7-5-21)13-3-2-11(8-19-13)15(16,17)18/h2-3,8-9H,4-7H2,1H3. The molecule has 2 aromatic heterocycles. The minimum absolute atomic E-state index is 0.172. The van der Waals surface area contributed by atoms with Crippen LogP contribution in [0.1, 0.15) is 22.8 Å². The first-order valence-corrected chi connectivity index (χ1v) is 7.33. The van der Waals surface area contributed by atoms with E-state index < -0.39 is 11.7 Å². The number of anilines is 1. The largest absolute Gasteiger partial charge is 0.417 e. The number of ketones is 1. The Morgan fingerprint density at radius 2 is 1.96 bits per heavy atom. The number of aromatic nitrogens is 3. The van der Waals surface area contributed by atoms with Gasteiger partial charge in [-0.1, -0.05) is 0 Å². The maximum atomic E-state index is 12.6. The predicted molar refractivity (Wildman–Crippen MR) is 79.4 cm³/mol. The second-order valence-electron chi connectivity index (χ2n) is 5.37. The van der Waals surface area contributed by atoms with Crippen LogP contribution in [0.2, 0.25) is 0 Å². The molecular formula is C15H15F3N4O2. The fraction of sp³-hybridized carbons (Fsp3) is 0.400. The lowest BCUT2D eigenvalue weighted by molar-refractivity contribution is -0.137. The van der Waals surface area contributed by atoms with Gasteiger partial charge in [-0.3, -0.25) is 4.79 Å². The van der Waals surface area contributed by atoms with Crippen LogP contribution >= 0.6 is 0 Å². The summed E-state index contributed by atoms with van der Waals surface area (Å²) in [5.74, 6) is 0.534. The number of morpholine rings is 1. The van der Waals surface area contributed by atoms with Crippen molar-refractivity contribution in [2.45, 2.75) is 13.1 Å². The summed E-state index contributed by atoms with van der Waals surface area (Å²) < 4.78 is 44.4. The quantitative estimate of drug-likeness (QED) is 0.803. The second kappa shape index (κ2) is 6.23. The van der Waals surface area contributed by atoms with Crippen LogP contribution in [0.4, 0.5) is 19.0 Å². The first kappa shape index (κ1) is 16.4. The van der Waals surface area contributed by atoms with Crippen LogP contribution in [-0.2, 0) is 10.9 Å². The first-order valence-electron chi connectivity index (χ1n) is 7.33. The normalized spacial score (nSPS) is 15.6. The van der Waals surface area contributed by atoms with Crippen molar-refractivity contribution < 1.29 is 22.7 Å². The van der Waals surface area contributed by atoms with Gasteiger partial charge in [-0.15, -0.1) is 5.10 Å². The lowest BCUT2D eigenvalue weighted by Gasteiger charge is -2.27. The number of ether oxygens (including phenoxy) is 1. The Balaban J connectivity index is 1.95. The summed E-state index contributed by atoms with van der Waals surface area (Å²) in [6.45, 7) is 3.67. The molecule has 0 spiro atoms. The van der Waals surface area contributed by atoms with Crippen molar-refractivity contribution >= 4 is 11.6 Å². The Labute approximate surface area is 135 Å². The van der Waals surface area contributed by atoms with E-state index in [2.05, 4.69) is 10.1 Å². The van der Waals surface area contributed by atoms with Crippen LogP contribution in [0, 0.1) is 0 Å². The highest BCUT2D eigenvalue weighted by Crippen LogP contribution is 2.29. The molecule has 6 nitrogen and oxygen atoms in total. The van der Waals surface area contributed by atoms with E-state index in [1.807, 2.05) is 4.90 Å². The molecule has 3 heterocycles. The Morgan fingerprint density at radius 3 is 2.50 bits per heavy atom. The van der Waals surface area contributed by atoms with Crippen LogP contribution < -0.4 is 4.90 Å². The average Bonchev–Trinajstić information content (AvgIpc) is 3.00. The van der Waals surface area contributed by atoms with Crippen molar-refractivity contribution in [2.75, 3.05) is 31.2 Å². The SMILES string of the molecule is CC(=O)c1cn(-c2ccc(C(F)(F)F)cn2)nc1N1CCOCC1. The minimum Gasteiger partial charge on any atom is -0.378 e. The molecule has 2 aromatic rings. The molecule has 9 heteroatoms. The number of hydrogen-bond donors (Lipinski definition) is 0. The molecule has 3 rings (SSSR count). The number of pyridine rings is 1. The molecule has 1 aliphatic heterocycles. The number of nitrogens with zero attached hydrogens (tertiary/aromatic N) is 4. The summed E-state index contributed by atoms with van der Waals surface area (Å²) in [5.41, 5.74) is -0.433. The third kappa shape index (κ3) is 3.25. The Kier molecular flexibility index (Phi) is 4.27. The third-order valence-corrected chi connectivity index (χ3v) is 3.69. The summed E-state index contributed by atoms with van der Waals surface area (Å²) >= 11 is 0. The van der Waals surface area contributed by atoms with Gasteiger partial charge in [0.1, 0.15) is 0 Å². The number of halogens is 3. The topological polar surface area (TPSA) is 60.2 Å². The van der Waals surface area contributed by atoms with Crippen molar-refractivity contribution in [1.82, 2.24) is 14.8 Å². The van der Waals surface area contributed by atoms with Crippen LogP contribution in [0.25, 0.3) is 5.82 Å². The minimum atomic E-state index is -4.45. The van der Waals surface area contributed by atoms with E-state index in [9.17, 15) is 18.0 Å². The van der Waals surface area contributed by atoms with Crippen molar-refractivity contribution in [3.05, 3.63) is 35.7 Å². The van der Waals surface area contributed by atoms with E-state index in [-0.39, 0.29) is 11.6 Å². The average molecular weight is 340 g/mol. The summed E-state index contributed by atoms with van der Waals surface area (Å²) in [4.78, 5) is 17.6. The molecule has 24 heavy (non-hydrogen) atoms. The van der Waals surface area contributed by atoms with Gasteiger partial charge in [-0.2, -0.15) is 13.2 Å². The zero-order chi connectivity index (χ0) is 17.3. The van der Waals surface area contributed by atoms with Crippen LogP contribution in [0.5, 0.6) is 0 Å². The fourth-order valence-electron chi connectivity index (χ4n) is 2.43. The summed E-state index contributed by atoms with van der Waals surface area (Å²) in [7, 11) is 0. The summed E-state index contributed by atoms with van der Waals surface area (Å²) in [6.07, 6.45) is -2.21. The molecule has 0 aromatic carbocycles. The Hall–Kier alpha value is -2.42. The highest BCUT2D eigenvalue weighted by Gasteiger charge is 2.31.